The smallest absolute Gasteiger partial charge is 0.364 e. The highest BCUT2D eigenvalue weighted by Crippen LogP contribution is 2.42. The van der Waals surface area contributed by atoms with Crippen molar-refractivity contribution in [2.24, 2.45) is 0 Å². The topological polar surface area (TPSA) is 848 Å². The molecule has 8 heterocycles. The zero-order chi connectivity index (χ0) is 87.7. The maximum Gasteiger partial charge on any atom is 0.364 e. The summed E-state index contributed by atoms with van der Waals surface area (Å²) in [6.07, 6.45) is -88.8. The number of carboxylic acids is 1. The SMILES string of the molecule is CC(=O)N[C@H]1[C@H](O[C@H]2[C@@H](O)[C@@H](CO[C@@H]3O[C@H](CO)[C@@H](O)[C@H](O[C@@H]4O[C@H](CO)[C@H](O)[C@H](O[C@]5(C(=O)O)C[C@H](O)[C@@H](NC(C)=O)[C@H]([C@H](O)[C@H](O)CO)O5)[C@H]4O)[C@H]3NC(C)=O)O[C@@H](O[C@H]3[C@H](O)[C@@H](NC(C)=O)[C@H](O[C@H]4[C@@H](O)[C@@H](CO)O[C@@H](O[C@@H]([C@H](O)[C@@H](O)CO)[C@H](O)CO)[C@@H]4O)O[C@@H]3CO)[C@@H]2O)O[C@H](CO)[C@@H](O[C@@H]2O[C@H](CO)[C@H](O)[C@H](O)[C@H]2O)[C@@H]1O. The van der Waals surface area contributed by atoms with Crippen LogP contribution in [0.25, 0.3) is 0 Å². The van der Waals surface area contributed by atoms with Gasteiger partial charge in [0.1, 0.15) is 213 Å². The lowest BCUT2D eigenvalue weighted by Gasteiger charge is -2.51. The van der Waals surface area contributed by atoms with Gasteiger partial charge in [-0.05, 0) is 0 Å². The second-order valence-corrected chi connectivity index (χ2v) is 29.4. The van der Waals surface area contributed by atoms with Gasteiger partial charge in [0, 0.05) is 34.1 Å². The first-order valence-electron chi connectivity index (χ1n) is 37.2. The average molecular weight is 1730 g/mol. The largest absolute Gasteiger partial charge is 0.477 e. The van der Waals surface area contributed by atoms with E-state index in [9.17, 15) is 167 Å². The fourth-order valence-electron chi connectivity index (χ4n) is 14.8. The second kappa shape index (κ2) is 43.5. The third kappa shape index (κ3) is 22.3. The van der Waals surface area contributed by atoms with Crippen molar-refractivity contribution in [2.45, 2.75) is 310 Å². The van der Waals surface area contributed by atoms with Crippen LogP contribution in [-0.4, -0.2) is 514 Å². The molecule has 45 atom stereocenters. The van der Waals surface area contributed by atoms with E-state index in [4.69, 9.17) is 75.8 Å². The molecule has 118 heavy (non-hydrogen) atoms. The van der Waals surface area contributed by atoms with Crippen LogP contribution in [0.3, 0.4) is 0 Å². The number of aliphatic hydroxyl groups excluding tert-OH is 27. The number of hydrogen-bond acceptors (Lipinski definition) is 48. The second-order valence-electron chi connectivity index (χ2n) is 29.4. The summed E-state index contributed by atoms with van der Waals surface area (Å²) in [6.45, 7) is -8.20. The molecular weight excluding hydrogens is 1620 g/mol. The Morgan fingerprint density at radius 2 is 0.720 bits per heavy atom. The molecule has 0 aromatic carbocycles. The molecule has 684 valence electrons. The summed E-state index contributed by atoms with van der Waals surface area (Å²) in [6, 6.07) is -7.86. The summed E-state index contributed by atoms with van der Waals surface area (Å²) in [4.78, 5) is 65.0. The summed E-state index contributed by atoms with van der Waals surface area (Å²) in [5.74, 6) is -9.44. The van der Waals surface area contributed by atoms with Crippen molar-refractivity contribution < 1.29 is 243 Å². The summed E-state index contributed by atoms with van der Waals surface area (Å²) in [7, 11) is 0. The Balaban J connectivity index is 1.14. The summed E-state index contributed by atoms with van der Waals surface area (Å²) in [5, 5.41) is 317. The number of aliphatic carboxylic acids is 1. The number of nitrogens with one attached hydrogen (secondary N) is 4. The molecule has 53 nitrogen and oxygen atoms in total. The number of carboxylic acid groups (broad SMARTS) is 1. The molecule has 8 aliphatic heterocycles. The van der Waals surface area contributed by atoms with E-state index in [1.165, 1.54) is 0 Å². The minimum Gasteiger partial charge on any atom is -0.477 e. The van der Waals surface area contributed by atoms with Gasteiger partial charge < -0.3 is 240 Å². The Labute approximate surface area is 667 Å². The van der Waals surface area contributed by atoms with E-state index in [0.717, 1.165) is 27.7 Å². The van der Waals surface area contributed by atoms with E-state index in [1.54, 1.807) is 0 Å². The lowest BCUT2D eigenvalue weighted by Crippen LogP contribution is -2.71. The Morgan fingerprint density at radius 1 is 0.364 bits per heavy atom. The van der Waals surface area contributed by atoms with Crippen molar-refractivity contribution in [3.05, 3.63) is 0 Å². The molecule has 8 aliphatic rings. The number of amides is 4. The van der Waals surface area contributed by atoms with Crippen LogP contribution in [0.1, 0.15) is 34.1 Å². The molecule has 0 aromatic rings. The minimum absolute atomic E-state index is 0.883. The minimum atomic E-state index is -3.33. The molecule has 8 fully saturated rings. The van der Waals surface area contributed by atoms with Gasteiger partial charge in [-0.25, -0.2) is 4.79 Å². The lowest BCUT2D eigenvalue weighted by atomic mass is 9.88. The van der Waals surface area contributed by atoms with E-state index in [0.29, 0.717) is 0 Å². The zero-order valence-corrected chi connectivity index (χ0v) is 63.3. The van der Waals surface area contributed by atoms with Crippen molar-refractivity contribution in [2.75, 3.05) is 66.1 Å². The van der Waals surface area contributed by atoms with Gasteiger partial charge in [0.15, 0.2) is 44.0 Å². The highest BCUT2D eigenvalue weighted by molar-refractivity contribution is 5.77. The summed E-state index contributed by atoms with van der Waals surface area (Å²) < 4.78 is 94.1. The number of carbonyl (C=O) groups excluding carboxylic acids is 4. The molecule has 0 radical (unpaired) electrons. The van der Waals surface area contributed by atoms with Gasteiger partial charge >= 0.3 is 5.97 Å². The van der Waals surface area contributed by atoms with Crippen LogP contribution in [0.15, 0.2) is 0 Å². The van der Waals surface area contributed by atoms with E-state index in [-0.39, 0.29) is 0 Å². The van der Waals surface area contributed by atoms with Gasteiger partial charge in [0.2, 0.25) is 23.6 Å². The van der Waals surface area contributed by atoms with Crippen molar-refractivity contribution in [1.29, 1.82) is 0 Å². The number of aliphatic hydroxyl groups is 27. The van der Waals surface area contributed by atoms with Gasteiger partial charge in [-0.15, -0.1) is 0 Å². The summed E-state index contributed by atoms with van der Waals surface area (Å²) >= 11 is 0. The van der Waals surface area contributed by atoms with Crippen molar-refractivity contribution in [3.63, 3.8) is 0 Å². The van der Waals surface area contributed by atoms with Crippen LogP contribution < -0.4 is 21.3 Å². The molecule has 0 bridgehead atoms. The molecule has 32 N–H and O–H groups in total. The molecule has 0 aliphatic carbocycles. The fourth-order valence-corrected chi connectivity index (χ4v) is 14.8. The molecule has 8 saturated heterocycles. The standard InChI is InChI=1S/C65H110N4O49/c1-16(79)66-31-20(83)5-65(64(101)102,117-53(31)36(88)22(85)7-71)118-56-40(92)27(12-76)107-63(48(56)100)114-52-34(69-19(4)82)57(104-25(10-74)38(52)90)103-15-30-41(93)55(116-59-32(67-17(2)80)42(94)50(28(13-77)108-59)112-60-45(97)44(96)37(89)24(9-73)105-60)47(99)62(110-30)113-51-29(14-78)109-58(33(43(51)95)68-18(3)81)115-54-39(91)26(11-75)106-61(46(54)98)111-49(23(86)8-72)35(87)21(84)6-70/h20-63,70-78,83-100H,5-15H2,1-4H3,(H,66,79)(H,67,80)(H,68,81)(H,69,82)(H,101,102)/t20-,21-,22+,23+,24+,25+,26+,27+,28+,29+,30+,31+,32+,33+,34+,35+,36+,37-,38+,39-,40-,41-,42+,43+,44-,45+,46+,47+,48+,49+,50+,51+,52+,53+,54-,55-,56-,57+,58-,59-,60-,61-,62-,63-,65-/m0/s1. The molecular formula is C65H110N4O49. The zero-order valence-electron chi connectivity index (χ0n) is 63.3. The van der Waals surface area contributed by atoms with Gasteiger partial charge in [-0.3, -0.25) is 19.2 Å². The molecule has 4 amide bonds. The Morgan fingerprint density at radius 3 is 1.17 bits per heavy atom. The number of hydrogen-bond donors (Lipinski definition) is 32. The average Bonchev–Trinajstić information content (AvgIpc) is 0.754. The van der Waals surface area contributed by atoms with Gasteiger partial charge in [-0.1, -0.05) is 0 Å². The van der Waals surface area contributed by atoms with Crippen LogP contribution >= 0.6 is 0 Å². The third-order valence-electron chi connectivity index (χ3n) is 21.0. The van der Waals surface area contributed by atoms with Crippen molar-refractivity contribution >= 4 is 29.6 Å². The van der Waals surface area contributed by atoms with Gasteiger partial charge in [0.25, 0.3) is 5.79 Å². The van der Waals surface area contributed by atoms with Crippen LogP contribution in [0.2, 0.25) is 0 Å². The van der Waals surface area contributed by atoms with Gasteiger partial charge in [0.05, 0.1) is 78.2 Å². The molecule has 0 unspecified atom stereocenters. The Hall–Kier alpha value is -4.37. The predicted molar refractivity (Wildman–Crippen MR) is 363 cm³/mol. The Bertz CT molecular complexity index is 3150. The number of ether oxygens (including phenoxy) is 16. The van der Waals surface area contributed by atoms with Crippen LogP contribution in [-0.2, 0) is 99.8 Å². The molecule has 0 aromatic heterocycles. The first-order valence-corrected chi connectivity index (χ1v) is 37.2. The van der Waals surface area contributed by atoms with Crippen molar-refractivity contribution in [1.82, 2.24) is 21.3 Å². The monoisotopic (exact) mass is 1730 g/mol. The molecule has 53 heteroatoms. The Kier molecular flexibility index (Phi) is 36.5. The predicted octanol–water partition coefficient (Wildman–Crippen LogP) is -21.2. The van der Waals surface area contributed by atoms with E-state index >= 15 is 0 Å². The van der Waals surface area contributed by atoms with Crippen LogP contribution in [0.5, 0.6) is 0 Å². The molecule has 8 rings (SSSR count). The molecule has 0 spiro atoms. The first kappa shape index (κ1) is 99.1. The van der Waals surface area contributed by atoms with Crippen molar-refractivity contribution in [3.8, 4) is 0 Å². The maximum absolute atomic E-state index is 13.3. The maximum atomic E-state index is 13.3. The summed E-state index contributed by atoms with van der Waals surface area (Å²) in [5.41, 5.74) is 0. The van der Waals surface area contributed by atoms with E-state index in [1.807, 2.05) is 0 Å². The quantitative estimate of drug-likeness (QED) is 0.0277. The highest BCUT2D eigenvalue weighted by Gasteiger charge is 2.63. The molecule has 0 saturated carbocycles. The first-order chi connectivity index (χ1) is 55.6. The van der Waals surface area contributed by atoms with E-state index in [2.05, 4.69) is 21.3 Å². The van der Waals surface area contributed by atoms with Crippen LogP contribution in [0, 0.1) is 0 Å². The number of rotatable bonds is 36. The van der Waals surface area contributed by atoms with Crippen LogP contribution in [0.4, 0.5) is 0 Å². The number of carbonyl (C=O) groups is 5. The van der Waals surface area contributed by atoms with Gasteiger partial charge in [-0.2, -0.15) is 0 Å². The lowest BCUT2D eigenvalue weighted by molar-refractivity contribution is -0.388. The van der Waals surface area contributed by atoms with E-state index < -0.39 is 378 Å². The fraction of sp³-hybridized carbons (Fsp3) is 0.923. The normalized spacial score (nSPS) is 44.7. The highest BCUT2D eigenvalue weighted by atomic mass is 16.8. The third-order valence-corrected chi connectivity index (χ3v) is 21.0.